The third kappa shape index (κ3) is 15.9. The van der Waals surface area contributed by atoms with E-state index in [1.807, 2.05) is 32.6 Å². The molecule has 12 fully saturated rings. The van der Waals surface area contributed by atoms with Gasteiger partial charge in [-0.05, 0) is 349 Å². The Morgan fingerprint density at radius 1 is 0.375 bits per heavy atom. The van der Waals surface area contributed by atoms with Gasteiger partial charge < -0.3 is 49.4 Å². The van der Waals surface area contributed by atoms with Crippen molar-refractivity contribution in [1.29, 1.82) is 0 Å². The highest BCUT2D eigenvalue weighted by Crippen LogP contribution is 2.73. The van der Waals surface area contributed by atoms with E-state index < -0.39 is 61.3 Å². The Balaban J connectivity index is 0.517. The van der Waals surface area contributed by atoms with E-state index in [2.05, 4.69) is 93.2 Å². The van der Waals surface area contributed by atoms with Crippen LogP contribution in [0.2, 0.25) is 0 Å². The molecule has 692 valence electrons. The van der Waals surface area contributed by atoms with E-state index in [1.54, 1.807) is 72.8 Å². The van der Waals surface area contributed by atoms with Gasteiger partial charge in [-0.25, -0.2) is 28.4 Å². The second kappa shape index (κ2) is 35.2. The minimum absolute atomic E-state index is 0.0761. The molecule has 0 aliphatic heterocycles. The number of rotatable bonds is 27. The van der Waals surface area contributed by atoms with E-state index in [9.17, 15) is 59.4 Å². The molecular weight excluding hydrogens is 1640 g/mol. The molecule has 0 amide bonds. The second-order valence-corrected chi connectivity index (χ2v) is 47.2. The van der Waals surface area contributed by atoms with Crippen LogP contribution in [-0.4, -0.2) is 130 Å². The van der Waals surface area contributed by atoms with Crippen LogP contribution in [0.3, 0.4) is 0 Å². The molecule has 0 saturated heterocycles. The van der Waals surface area contributed by atoms with Gasteiger partial charge in [-0.3, -0.25) is 14.4 Å². The van der Waals surface area contributed by atoms with Gasteiger partial charge in [-0.1, -0.05) is 114 Å². The van der Waals surface area contributed by atoms with Crippen molar-refractivity contribution in [1.82, 2.24) is 45.0 Å². The Labute approximate surface area is 753 Å². The summed E-state index contributed by atoms with van der Waals surface area (Å²) in [6, 6.07) is 19.7. The van der Waals surface area contributed by atoms with Gasteiger partial charge in [0.15, 0.2) is 7.14 Å². The van der Waals surface area contributed by atoms with Crippen LogP contribution >= 0.6 is 7.14 Å². The van der Waals surface area contributed by atoms with Crippen LogP contribution in [0.25, 0.3) is 0 Å². The fourth-order valence-electron chi connectivity index (χ4n) is 32.1. The molecule has 6 aromatic rings. The highest BCUT2D eigenvalue weighted by Gasteiger charge is 2.68. The molecule has 26 heteroatoms. The highest BCUT2D eigenvalue weighted by atomic mass is 31.2. The molecule has 0 bridgehead atoms. The number of carboxylic acid groups (broad SMARTS) is 3. The maximum absolute atomic E-state index is 16.4. The summed E-state index contributed by atoms with van der Waals surface area (Å²) in [6.07, 6.45) is 30.9. The number of benzene rings is 3. The predicted molar refractivity (Wildman–Crippen MR) is 478 cm³/mol. The van der Waals surface area contributed by atoms with Crippen molar-refractivity contribution in [3.05, 3.63) is 125 Å². The van der Waals surface area contributed by atoms with Crippen molar-refractivity contribution in [2.45, 2.75) is 311 Å². The summed E-state index contributed by atoms with van der Waals surface area (Å²) in [5, 5.41) is 93.4. The molecule has 0 radical (unpaired) electrons. The lowest BCUT2D eigenvalue weighted by Crippen LogP contribution is -2.58. The number of ether oxygens (including phenoxy) is 3. The molecule has 3 aromatic heterocycles. The summed E-state index contributed by atoms with van der Waals surface area (Å²) in [7, 11) is -3.87. The van der Waals surface area contributed by atoms with Gasteiger partial charge in [0.2, 0.25) is 0 Å². The first-order valence-electron chi connectivity index (χ1n) is 49.0. The molecule has 12 saturated carbocycles. The van der Waals surface area contributed by atoms with E-state index in [-0.39, 0.29) is 124 Å². The smallest absolute Gasteiger partial charge is 0.338 e. The first-order valence-corrected chi connectivity index (χ1v) is 50.7. The Hall–Kier alpha value is -7.99. The van der Waals surface area contributed by atoms with Gasteiger partial charge in [0.05, 0.1) is 71.7 Å². The van der Waals surface area contributed by atoms with Gasteiger partial charge in [-0.2, -0.15) is 0 Å². The SMILES string of the molecule is C[C@H](CCC(=O)O)[C@H]1CC[C@H]2[C@@H]3CC[C@@H]4C[C@@H](n5cc(COC(=O)c6ccc(P(=O)(c7ccc(C(=O)OCc8cn([C@H]9CC[C@@]%10(C)[C@H](CC[C@@H]%11[C@@H]%10C[C@H](O)[C@]%10(C)[C@@H]([C@H](C)CCC(=O)O)CC[C@@H]%11%10)C9)nn8)cc7)c7ccc(C(=O)OCc8cn([C@H]9CC[C@@]%10(C)[C@H](CC[C@@H]%11[C@@H]%10C[C@H](O)[C@]%10(C)[C@@H]([C@H](C)CCC(=O)O)CC[C@@H]%11%10)C9)nn8)cc7)cc6)nn5)CC[C@]4(C)[C@H]3C[C@H](O)[C@]12C. The van der Waals surface area contributed by atoms with Crippen molar-refractivity contribution in [2.75, 3.05) is 0 Å². The Kier molecular flexibility index (Phi) is 24.9. The first kappa shape index (κ1) is 90.5. The predicted octanol–water partition coefficient (Wildman–Crippen LogP) is 17.2. The van der Waals surface area contributed by atoms with Crippen molar-refractivity contribution in [3.63, 3.8) is 0 Å². The minimum Gasteiger partial charge on any atom is -0.481 e. The monoisotopic (exact) mass is 1780 g/mol. The number of aliphatic carboxylic acids is 3. The number of aromatic nitrogens is 9. The largest absolute Gasteiger partial charge is 0.481 e. The highest BCUT2D eigenvalue weighted by molar-refractivity contribution is 7.85. The van der Waals surface area contributed by atoms with Crippen LogP contribution < -0.4 is 15.9 Å². The maximum Gasteiger partial charge on any atom is 0.338 e. The summed E-state index contributed by atoms with van der Waals surface area (Å²) in [5.41, 5.74) is 1.80. The number of nitrogens with zero attached hydrogens (tertiary/aromatic N) is 9. The normalized spacial score (nSPS) is 38.2. The van der Waals surface area contributed by atoms with E-state index >= 15 is 4.57 Å². The van der Waals surface area contributed by atoms with Crippen LogP contribution in [0.4, 0.5) is 0 Å². The standard InChI is InChI=1S/C102H138N9O16P/c1-58(10-37-91(115)116)79-31-34-82-76-28-19-64-46-70(40-43-97(64,4)85(76)49-88(112)100(79,82)7)109-52-67(103-106-109)55-125-94(121)61-13-22-73(23-14-61)128(124,74-24-15-62(16-25-74)95(122)126-56-68-53-110(107-104-68)71-41-44-98(5)65(47-71)20-29-77-83-35-32-80(59(2)11-38-92(117)118)101(83,8)89(113)50-86(77)98)75-26-17-63(18-27-75)96(123)127-57-69-54-111(108-105-69)72-42-45-99(6)66(48-72)21-30-78-84-36-33-81(60(3)12-39-93(119)120)102(84,9)90(114)51-87(78)99/h13-18,22-27,52-54,58-60,64-66,70-72,76-90,112-114H,10-12,19-21,28-51,55-57H2,1-9H3,(H,115,116)(H,117,118)(H,119,120)/t58-,59-,60-,64-,65-,66-,70+,71+,72+,76+,77+,78+,79-,80-,81-,82+,83+,84+,85+,86+,87+,88+,89+,90+,97+,98+,99+,100-,101-,102-/m1/s1. The third-order valence-electron chi connectivity index (χ3n) is 39.2. The zero-order valence-corrected chi connectivity index (χ0v) is 77.5. The molecule has 0 spiro atoms. The Morgan fingerprint density at radius 2 is 0.641 bits per heavy atom. The first-order chi connectivity index (χ1) is 61.1. The Morgan fingerprint density at radius 3 is 0.898 bits per heavy atom. The van der Waals surface area contributed by atoms with Gasteiger partial charge in [0.25, 0.3) is 0 Å². The summed E-state index contributed by atoms with van der Waals surface area (Å²) in [5.74, 6) is 3.06. The molecule has 18 rings (SSSR count). The van der Waals surface area contributed by atoms with Crippen LogP contribution in [0.15, 0.2) is 91.4 Å². The molecule has 128 heavy (non-hydrogen) atoms. The van der Waals surface area contributed by atoms with Gasteiger partial charge in [0.1, 0.15) is 36.9 Å². The average Bonchev–Trinajstić information content (AvgIpc) is 1.46. The van der Waals surface area contributed by atoms with Crippen LogP contribution in [0.1, 0.15) is 321 Å². The molecule has 6 N–H and O–H groups in total. The van der Waals surface area contributed by atoms with E-state index in [4.69, 9.17) is 14.2 Å². The molecule has 3 aromatic carbocycles. The van der Waals surface area contributed by atoms with E-state index in [1.165, 1.54) is 0 Å². The maximum atomic E-state index is 16.4. The number of fused-ring (bicyclic) bond motifs is 15. The van der Waals surface area contributed by atoms with Crippen molar-refractivity contribution >= 4 is 58.9 Å². The quantitative estimate of drug-likeness (QED) is 0.0158. The molecule has 3 heterocycles. The Bertz CT molecular complexity index is 4640. The van der Waals surface area contributed by atoms with Gasteiger partial charge in [-0.15, -0.1) is 15.3 Å². The zero-order chi connectivity index (χ0) is 90.1. The van der Waals surface area contributed by atoms with Crippen LogP contribution in [0, 0.1) is 139 Å². The molecule has 12 aliphatic carbocycles. The lowest BCUT2D eigenvalue weighted by Gasteiger charge is -2.62. The molecule has 12 aliphatic rings. The number of hydrogen-bond acceptors (Lipinski definition) is 19. The second-order valence-electron chi connectivity index (χ2n) is 44.4. The summed E-state index contributed by atoms with van der Waals surface area (Å²) >= 11 is 0. The average molecular weight is 1780 g/mol. The van der Waals surface area contributed by atoms with Crippen LogP contribution in [0.5, 0.6) is 0 Å². The number of carboxylic acids is 3. The minimum atomic E-state index is -3.87. The van der Waals surface area contributed by atoms with Gasteiger partial charge in [0, 0.05) is 35.2 Å². The third-order valence-corrected chi connectivity index (χ3v) is 42.3. The van der Waals surface area contributed by atoms with Crippen molar-refractivity contribution < 1.29 is 78.2 Å². The summed E-state index contributed by atoms with van der Waals surface area (Å²) < 4.78 is 39.9. The van der Waals surface area contributed by atoms with Crippen molar-refractivity contribution in [2.24, 2.45) is 139 Å². The number of aliphatic hydroxyl groups excluding tert-OH is 3. The lowest BCUT2D eigenvalue weighted by molar-refractivity contribution is -0.171. The number of carbonyl (C=O) groups is 6. The fraction of sp³-hybridized carbons (Fsp3) is 0.706. The lowest BCUT2D eigenvalue weighted by atomic mass is 9.43. The number of esters is 3. The van der Waals surface area contributed by atoms with Crippen LogP contribution in [-0.2, 0) is 53.0 Å². The topological polar surface area (TPSA) is 361 Å². The molecule has 0 unspecified atom stereocenters. The molecule has 30 atom stereocenters. The number of hydrogen-bond donors (Lipinski definition) is 6. The number of aliphatic hydroxyl groups is 3. The summed E-state index contributed by atoms with van der Waals surface area (Å²) in [6.45, 7) is 20.6. The van der Waals surface area contributed by atoms with Crippen molar-refractivity contribution in [3.8, 4) is 0 Å². The number of carbonyl (C=O) groups excluding carboxylic acids is 3. The van der Waals surface area contributed by atoms with E-state index in [0.717, 1.165) is 154 Å². The van der Waals surface area contributed by atoms with Gasteiger partial charge >= 0.3 is 35.8 Å². The molecular formula is C102H138N9O16P. The fourth-order valence-corrected chi connectivity index (χ4v) is 34.7. The molecule has 25 nitrogen and oxygen atoms in total. The zero-order valence-electron chi connectivity index (χ0n) is 76.6. The summed E-state index contributed by atoms with van der Waals surface area (Å²) in [4.78, 5) is 76.8. The van der Waals surface area contributed by atoms with E-state index in [0.29, 0.717) is 141 Å².